The molecule has 0 saturated carbocycles. The minimum absolute atomic E-state index is 0.0591. The number of aryl methyl sites for hydroxylation is 2. The van der Waals surface area contributed by atoms with Gasteiger partial charge in [-0.1, -0.05) is 29.8 Å². The Morgan fingerprint density at radius 3 is 2.46 bits per heavy atom. The summed E-state index contributed by atoms with van der Waals surface area (Å²) < 4.78 is 0. The molecule has 0 aliphatic heterocycles. The summed E-state index contributed by atoms with van der Waals surface area (Å²) in [7, 11) is 0. The van der Waals surface area contributed by atoms with E-state index in [0.717, 1.165) is 36.8 Å². The van der Waals surface area contributed by atoms with Crippen LogP contribution in [0, 0.1) is 6.92 Å². The quantitative estimate of drug-likeness (QED) is 0.531. The molecular weight excluding hydrogens is 390 g/mol. The first-order valence-corrected chi connectivity index (χ1v) is 10.6. The number of carbonyl (C=O) groups is 2. The molecule has 3 aromatic rings. The maximum Gasteiger partial charge on any atom is 0.256 e. The Labute approximate surface area is 173 Å². The molecule has 1 amide bonds. The molecule has 0 saturated heterocycles. The fourth-order valence-electron chi connectivity index (χ4n) is 3.64. The highest BCUT2D eigenvalue weighted by molar-refractivity contribution is 7.17. The highest BCUT2D eigenvalue weighted by Crippen LogP contribution is 2.39. The topological polar surface area (TPSA) is 46.2 Å². The number of halogens is 1. The Balaban J connectivity index is 1.74. The fourth-order valence-corrected chi connectivity index (χ4v) is 5.05. The molecule has 5 heteroatoms. The molecule has 1 heterocycles. The van der Waals surface area contributed by atoms with E-state index in [4.69, 9.17) is 11.6 Å². The number of amides is 1. The Bertz CT molecular complexity index is 1050. The number of carbonyl (C=O) groups excluding carboxylic acids is 2. The predicted octanol–water partition coefficient (Wildman–Crippen LogP) is 6.07. The van der Waals surface area contributed by atoms with Crippen LogP contribution in [0.3, 0.4) is 0 Å². The molecule has 1 N–H and O–H groups in total. The van der Waals surface area contributed by atoms with Crippen LogP contribution >= 0.6 is 22.9 Å². The monoisotopic (exact) mass is 409 g/mol. The number of nitrogens with one attached hydrogen (secondary N) is 1. The number of ketones is 1. The van der Waals surface area contributed by atoms with Crippen LogP contribution in [-0.2, 0) is 12.8 Å². The van der Waals surface area contributed by atoms with Crippen molar-refractivity contribution >= 4 is 39.6 Å². The van der Waals surface area contributed by atoms with Gasteiger partial charge >= 0.3 is 0 Å². The van der Waals surface area contributed by atoms with E-state index >= 15 is 0 Å². The largest absolute Gasteiger partial charge is 0.313 e. The third kappa shape index (κ3) is 3.62. The molecule has 0 spiro atoms. The molecule has 1 aromatic heterocycles. The highest BCUT2D eigenvalue weighted by atomic mass is 35.5. The molecule has 1 aliphatic carbocycles. The molecule has 28 heavy (non-hydrogen) atoms. The van der Waals surface area contributed by atoms with E-state index in [0.29, 0.717) is 26.7 Å². The normalized spacial score (nSPS) is 13.1. The number of rotatable bonds is 4. The summed E-state index contributed by atoms with van der Waals surface area (Å²) in [6.45, 7) is 1.91. The van der Waals surface area contributed by atoms with Gasteiger partial charge in [-0.05, 0) is 74.1 Å². The first-order valence-electron chi connectivity index (χ1n) is 9.36. The average molecular weight is 410 g/mol. The lowest BCUT2D eigenvalue weighted by Gasteiger charge is -2.13. The summed E-state index contributed by atoms with van der Waals surface area (Å²) in [6.07, 6.45) is 4.02. The molecule has 2 aromatic carbocycles. The van der Waals surface area contributed by atoms with Crippen LogP contribution < -0.4 is 5.32 Å². The summed E-state index contributed by atoms with van der Waals surface area (Å²) >= 11 is 7.51. The van der Waals surface area contributed by atoms with Crippen molar-refractivity contribution in [2.24, 2.45) is 0 Å². The lowest BCUT2D eigenvalue weighted by molar-refractivity contribution is 0.102. The van der Waals surface area contributed by atoms with Crippen molar-refractivity contribution in [3.05, 3.63) is 86.2 Å². The van der Waals surface area contributed by atoms with Crippen LogP contribution in [0.25, 0.3) is 0 Å². The molecule has 1 aliphatic rings. The van der Waals surface area contributed by atoms with E-state index < -0.39 is 0 Å². The number of hydrogen-bond acceptors (Lipinski definition) is 3. The zero-order valence-corrected chi connectivity index (χ0v) is 17.1. The number of anilines is 1. The predicted molar refractivity (Wildman–Crippen MR) is 115 cm³/mol. The molecule has 0 fully saturated rings. The van der Waals surface area contributed by atoms with E-state index in [2.05, 4.69) is 5.32 Å². The maximum atomic E-state index is 13.3. The lowest BCUT2D eigenvalue weighted by atomic mass is 9.92. The van der Waals surface area contributed by atoms with Crippen molar-refractivity contribution in [2.75, 3.05) is 5.32 Å². The second-order valence-corrected chi connectivity index (χ2v) is 8.56. The third-order valence-corrected chi connectivity index (χ3v) is 6.58. The summed E-state index contributed by atoms with van der Waals surface area (Å²) in [6, 6.07) is 14.4. The van der Waals surface area contributed by atoms with E-state index in [9.17, 15) is 9.59 Å². The molecule has 3 nitrogen and oxygen atoms in total. The summed E-state index contributed by atoms with van der Waals surface area (Å²) in [5.41, 5.74) is 3.85. The van der Waals surface area contributed by atoms with Crippen molar-refractivity contribution in [1.29, 1.82) is 0 Å². The van der Waals surface area contributed by atoms with E-state index in [1.54, 1.807) is 30.3 Å². The van der Waals surface area contributed by atoms with Gasteiger partial charge in [-0.25, -0.2) is 0 Å². The van der Waals surface area contributed by atoms with E-state index in [1.165, 1.54) is 16.2 Å². The standard InChI is InChI=1S/C23H20ClNO2S/c1-14-6-2-3-7-17(14)22(27)25-23-20(18-8-4-5-9-19(18)28-23)21(26)15-10-12-16(24)13-11-15/h2-3,6-7,10-13H,4-5,8-9H2,1H3,(H,25,27). The molecule has 0 unspecified atom stereocenters. The molecule has 0 radical (unpaired) electrons. The molecule has 0 bridgehead atoms. The Kier molecular flexibility index (Phi) is 5.33. The first-order chi connectivity index (χ1) is 13.5. The first kappa shape index (κ1) is 18.9. The summed E-state index contributed by atoms with van der Waals surface area (Å²) in [4.78, 5) is 27.4. The molecule has 142 valence electrons. The second kappa shape index (κ2) is 7.90. The zero-order chi connectivity index (χ0) is 19.7. The molecule has 4 rings (SSSR count). The second-order valence-electron chi connectivity index (χ2n) is 7.02. The van der Waals surface area contributed by atoms with Gasteiger partial charge in [0.05, 0.1) is 5.56 Å². The third-order valence-electron chi connectivity index (χ3n) is 5.12. The summed E-state index contributed by atoms with van der Waals surface area (Å²) in [5, 5.41) is 4.27. The Morgan fingerprint density at radius 2 is 1.71 bits per heavy atom. The number of fused-ring (bicyclic) bond motifs is 1. The Morgan fingerprint density at radius 1 is 1.00 bits per heavy atom. The van der Waals surface area contributed by atoms with Gasteiger partial charge < -0.3 is 5.32 Å². The van der Waals surface area contributed by atoms with Gasteiger partial charge in [0.25, 0.3) is 5.91 Å². The lowest BCUT2D eigenvalue weighted by Crippen LogP contribution is -2.15. The van der Waals surface area contributed by atoms with Gasteiger partial charge in [-0.3, -0.25) is 9.59 Å². The minimum Gasteiger partial charge on any atom is -0.313 e. The molecule has 0 atom stereocenters. The minimum atomic E-state index is -0.179. The van der Waals surface area contributed by atoms with Crippen LogP contribution in [-0.4, -0.2) is 11.7 Å². The van der Waals surface area contributed by atoms with Crippen LogP contribution in [0.4, 0.5) is 5.00 Å². The Hall–Kier alpha value is -2.43. The van der Waals surface area contributed by atoms with Crippen molar-refractivity contribution in [3.63, 3.8) is 0 Å². The van der Waals surface area contributed by atoms with Crippen LogP contribution in [0.15, 0.2) is 48.5 Å². The van der Waals surface area contributed by atoms with Crippen LogP contribution in [0.5, 0.6) is 0 Å². The SMILES string of the molecule is Cc1ccccc1C(=O)Nc1sc2c(c1C(=O)c1ccc(Cl)cc1)CCCC2. The number of benzene rings is 2. The van der Waals surface area contributed by atoms with Crippen molar-refractivity contribution in [1.82, 2.24) is 0 Å². The summed E-state index contributed by atoms with van der Waals surface area (Å²) in [5.74, 6) is -0.238. The van der Waals surface area contributed by atoms with Crippen molar-refractivity contribution in [2.45, 2.75) is 32.6 Å². The van der Waals surface area contributed by atoms with Gasteiger partial charge in [0.15, 0.2) is 5.78 Å². The van der Waals surface area contributed by atoms with Crippen molar-refractivity contribution in [3.8, 4) is 0 Å². The van der Waals surface area contributed by atoms with Crippen LogP contribution in [0.1, 0.15) is 55.1 Å². The molecular formula is C23H20ClNO2S. The van der Waals surface area contributed by atoms with Crippen molar-refractivity contribution < 1.29 is 9.59 Å². The van der Waals surface area contributed by atoms with Gasteiger partial charge in [-0.2, -0.15) is 0 Å². The maximum absolute atomic E-state index is 13.3. The highest BCUT2D eigenvalue weighted by Gasteiger charge is 2.27. The number of thiophene rings is 1. The zero-order valence-electron chi connectivity index (χ0n) is 15.5. The van der Waals surface area contributed by atoms with Gasteiger partial charge in [0.2, 0.25) is 0 Å². The van der Waals surface area contributed by atoms with Gasteiger partial charge in [0, 0.05) is 21.0 Å². The van der Waals surface area contributed by atoms with Crippen LogP contribution in [0.2, 0.25) is 5.02 Å². The smallest absolute Gasteiger partial charge is 0.256 e. The van der Waals surface area contributed by atoms with Gasteiger partial charge in [-0.15, -0.1) is 11.3 Å². The fraction of sp³-hybridized carbons (Fsp3) is 0.217. The van der Waals surface area contributed by atoms with E-state index in [1.807, 2.05) is 25.1 Å². The average Bonchev–Trinajstić information content (AvgIpc) is 3.06. The number of hydrogen-bond donors (Lipinski definition) is 1. The van der Waals surface area contributed by atoms with Gasteiger partial charge in [0.1, 0.15) is 5.00 Å². The van der Waals surface area contributed by atoms with E-state index in [-0.39, 0.29) is 11.7 Å².